The Balaban J connectivity index is 2.15. The molecule has 7 heteroatoms. The average Bonchev–Trinajstić information content (AvgIpc) is 2.77. The van der Waals surface area contributed by atoms with Gasteiger partial charge in [0.05, 0.1) is 18.1 Å². The number of nitrogens with one attached hydrogen (secondary N) is 1. The molecule has 1 amide bonds. The van der Waals surface area contributed by atoms with Crippen LogP contribution in [0.3, 0.4) is 0 Å². The first kappa shape index (κ1) is 12.3. The van der Waals surface area contributed by atoms with E-state index in [-0.39, 0.29) is 12.5 Å². The van der Waals surface area contributed by atoms with E-state index in [1.165, 1.54) is 6.33 Å². The van der Waals surface area contributed by atoms with Crippen LogP contribution in [0, 0.1) is 0 Å². The highest BCUT2D eigenvalue weighted by Gasteiger charge is 2.10. The maximum atomic E-state index is 11.7. The van der Waals surface area contributed by atoms with Crippen molar-refractivity contribution >= 4 is 22.8 Å². The predicted octanol–water partition coefficient (Wildman–Crippen LogP) is 0.253. The normalized spacial score (nSPS) is 10.6. The summed E-state index contributed by atoms with van der Waals surface area (Å²) >= 11 is 0. The molecule has 7 nitrogen and oxygen atoms in total. The Kier molecular flexibility index (Phi) is 3.40. The summed E-state index contributed by atoms with van der Waals surface area (Å²) in [4.78, 5) is 21.6. The number of nitrogens with zero attached hydrogens (tertiary/aromatic N) is 5. The molecule has 0 atom stereocenters. The minimum absolute atomic E-state index is 0.0214. The van der Waals surface area contributed by atoms with E-state index in [4.69, 9.17) is 0 Å². The second-order valence-corrected chi connectivity index (χ2v) is 3.99. The Morgan fingerprint density at radius 2 is 2.28 bits per heavy atom. The van der Waals surface area contributed by atoms with E-state index in [0.717, 1.165) is 11.0 Å². The molecule has 0 unspecified atom stereocenters. The van der Waals surface area contributed by atoms with Crippen molar-refractivity contribution < 1.29 is 4.79 Å². The zero-order valence-corrected chi connectivity index (χ0v) is 10.7. The van der Waals surface area contributed by atoms with Crippen LogP contribution in [0.2, 0.25) is 0 Å². The fraction of sp³-hybridized carbons (Fsp3) is 0.455. The van der Waals surface area contributed by atoms with Crippen molar-refractivity contribution in [1.29, 1.82) is 0 Å². The molecule has 18 heavy (non-hydrogen) atoms. The van der Waals surface area contributed by atoms with Gasteiger partial charge in [-0.15, -0.1) is 0 Å². The molecular formula is C11H16N6O. The molecule has 0 fully saturated rings. The lowest BCUT2D eigenvalue weighted by atomic mass is 10.4. The maximum Gasteiger partial charge on any atom is 0.241 e. The van der Waals surface area contributed by atoms with Crippen LogP contribution < -0.4 is 5.32 Å². The molecule has 0 aliphatic heterocycles. The summed E-state index contributed by atoms with van der Waals surface area (Å²) in [6.07, 6.45) is 3.14. The first-order valence-electron chi connectivity index (χ1n) is 5.74. The van der Waals surface area contributed by atoms with Crippen molar-refractivity contribution in [3.8, 4) is 0 Å². The number of fused-ring (bicyclic) bond motifs is 1. The highest BCUT2D eigenvalue weighted by Crippen LogP contribution is 2.17. The number of rotatable bonds is 4. The molecule has 0 aliphatic carbocycles. The second kappa shape index (κ2) is 4.99. The molecule has 2 aromatic rings. The van der Waals surface area contributed by atoms with Gasteiger partial charge in [-0.2, -0.15) is 5.10 Å². The molecule has 96 valence electrons. The molecule has 0 spiro atoms. The van der Waals surface area contributed by atoms with Gasteiger partial charge in [-0.3, -0.25) is 9.48 Å². The number of carbonyl (C=O) groups excluding carboxylic acids is 1. The quantitative estimate of drug-likeness (QED) is 0.839. The van der Waals surface area contributed by atoms with Crippen LogP contribution in [0.1, 0.15) is 6.92 Å². The number of carbonyl (C=O) groups is 1. The molecule has 1 N–H and O–H groups in total. The van der Waals surface area contributed by atoms with Crippen LogP contribution in [0.4, 0.5) is 5.82 Å². The van der Waals surface area contributed by atoms with E-state index in [1.54, 1.807) is 22.8 Å². The topological polar surface area (TPSA) is 75.9 Å². The van der Waals surface area contributed by atoms with Gasteiger partial charge in [-0.25, -0.2) is 9.97 Å². The van der Waals surface area contributed by atoms with Gasteiger partial charge in [0.2, 0.25) is 5.91 Å². The van der Waals surface area contributed by atoms with Gasteiger partial charge in [0.1, 0.15) is 12.1 Å². The summed E-state index contributed by atoms with van der Waals surface area (Å²) in [6.45, 7) is 2.83. The van der Waals surface area contributed by atoms with Crippen LogP contribution >= 0.6 is 0 Å². The van der Waals surface area contributed by atoms with Gasteiger partial charge < -0.3 is 10.2 Å². The number of anilines is 1. The molecule has 2 aromatic heterocycles. The Morgan fingerprint density at radius 3 is 3.00 bits per heavy atom. The SMILES string of the molecule is CCN(C)C(=O)CNc1ncnc2c1cnn2C. The van der Waals surface area contributed by atoms with Crippen LogP contribution in [-0.2, 0) is 11.8 Å². The third kappa shape index (κ3) is 2.24. The molecule has 2 rings (SSSR count). The summed E-state index contributed by atoms with van der Waals surface area (Å²) in [7, 11) is 3.58. The van der Waals surface area contributed by atoms with Gasteiger partial charge in [0.15, 0.2) is 5.65 Å². The highest BCUT2D eigenvalue weighted by atomic mass is 16.2. The first-order valence-corrected chi connectivity index (χ1v) is 5.74. The molecule has 2 heterocycles. The van der Waals surface area contributed by atoms with Crippen LogP contribution in [-0.4, -0.2) is 50.7 Å². The molecule has 0 aromatic carbocycles. The van der Waals surface area contributed by atoms with Crippen LogP contribution in [0.5, 0.6) is 0 Å². The largest absolute Gasteiger partial charge is 0.360 e. The Labute approximate surface area is 105 Å². The lowest BCUT2D eigenvalue weighted by Crippen LogP contribution is -2.32. The van der Waals surface area contributed by atoms with E-state index in [1.807, 2.05) is 14.0 Å². The first-order chi connectivity index (χ1) is 8.63. The van der Waals surface area contributed by atoms with Crippen molar-refractivity contribution in [2.75, 3.05) is 25.5 Å². The van der Waals surface area contributed by atoms with Crippen molar-refractivity contribution in [2.24, 2.45) is 7.05 Å². The Morgan fingerprint density at radius 1 is 1.50 bits per heavy atom. The van der Waals surface area contributed by atoms with E-state index < -0.39 is 0 Å². The fourth-order valence-corrected chi connectivity index (χ4v) is 1.57. The standard InChI is InChI=1S/C11H16N6O/c1-4-16(2)9(18)6-12-10-8-5-15-17(3)11(8)14-7-13-10/h5,7H,4,6H2,1-3H3,(H,12,13,14). The minimum atomic E-state index is 0.0214. The molecule has 0 bridgehead atoms. The third-order valence-electron chi connectivity index (χ3n) is 2.84. The third-order valence-corrected chi connectivity index (χ3v) is 2.84. The van der Waals surface area contributed by atoms with Gasteiger partial charge >= 0.3 is 0 Å². The molecular weight excluding hydrogens is 232 g/mol. The maximum absolute atomic E-state index is 11.7. The van der Waals surface area contributed by atoms with Crippen LogP contribution in [0.15, 0.2) is 12.5 Å². The number of hydrogen-bond acceptors (Lipinski definition) is 5. The van der Waals surface area contributed by atoms with Crippen molar-refractivity contribution in [3.63, 3.8) is 0 Å². The molecule has 0 saturated carbocycles. The number of amides is 1. The van der Waals surface area contributed by atoms with E-state index in [2.05, 4.69) is 20.4 Å². The minimum Gasteiger partial charge on any atom is -0.360 e. The average molecular weight is 248 g/mol. The van der Waals surface area contributed by atoms with Crippen molar-refractivity contribution in [3.05, 3.63) is 12.5 Å². The predicted molar refractivity (Wildman–Crippen MR) is 68.1 cm³/mol. The van der Waals surface area contributed by atoms with Crippen molar-refractivity contribution in [1.82, 2.24) is 24.6 Å². The fourth-order valence-electron chi connectivity index (χ4n) is 1.57. The summed E-state index contributed by atoms with van der Waals surface area (Å²) in [5, 5.41) is 7.95. The second-order valence-electron chi connectivity index (χ2n) is 3.99. The zero-order valence-electron chi connectivity index (χ0n) is 10.7. The van der Waals surface area contributed by atoms with E-state index in [9.17, 15) is 4.79 Å². The number of aryl methyl sites for hydroxylation is 1. The van der Waals surface area contributed by atoms with Gasteiger partial charge in [0, 0.05) is 20.6 Å². The summed E-state index contributed by atoms with van der Waals surface area (Å²) in [5.74, 6) is 0.652. The van der Waals surface area contributed by atoms with Crippen LogP contribution in [0.25, 0.3) is 11.0 Å². The lowest BCUT2D eigenvalue weighted by Gasteiger charge is -2.14. The summed E-state index contributed by atoms with van der Waals surface area (Å²) in [6, 6.07) is 0. The highest BCUT2D eigenvalue weighted by molar-refractivity contribution is 5.88. The number of likely N-dealkylation sites (N-methyl/N-ethyl adjacent to an activating group) is 1. The van der Waals surface area contributed by atoms with Gasteiger partial charge in [-0.1, -0.05) is 0 Å². The van der Waals surface area contributed by atoms with E-state index >= 15 is 0 Å². The lowest BCUT2D eigenvalue weighted by molar-refractivity contribution is -0.127. The monoisotopic (exact) mass is 248 g/mol. The summed E-state index contributed by atoms with van der Waals surface area (Å²) in [5.41, 5.74) is 0.740. The zero-order chi connectivity index (χ0) is 13.1. The Bertz CT molecular complexity index is 564. The smallest absolute Gasteiger partial charge is 0.241 e. The number of hydrogen-bond donors (Lipinski definition) is 1. The Hall–Kier alpha value is -2.18. The van der Waals surface area contributed by atoms with Gasteiger partial charge in [-0.05, 0) is 6.92 Å². The summed E-state index contributed by atoms with van der Waals surface area (Å²) < 4.78 is 1.67. The molecule has 0 saturated heterocycles. The number of aromatic nitrogens is 4. The van der Waals surface area contributed by atoms with Gasteiger partial charge in [0.25, 0.3) is 0 Å². The van der Waals surface area contributed by atoms with Crippen molar-refractivity contribution in [2.45, 2.75) is 6.92 Å². The molecule has 0 aliphatic rings. The van der Waals surface area contributed by atoms with E-state index in [0.29, 0.717) is 12.4 Å². The molecule has 0 radical (unpaired) electrons.